The maximum atomic E-state index is 12.5. The molecule has 21 heavy (non-hydrogen) atoms. The minimum atomic E-state index is -0.748. The van der Waals surface area contributed by atoms with E-state index in [1.54, 1.807) is 18.3 Å². The van der Waals surface area contributed by atoms with Gasteiger partial charge in [-0.25, -0.2) is 14.6 Å². The molecule has 2 aromatic rings. The van der Waals surface area contributed by atoms with Crippen LogP contribution in [0.1, 0.15) is 27.7 Å². The van der Waals surface area contributed by atoms with Crippen LogP contribution >= 0.6 is 0 Å². The summed E-state index contributed by atoms with van der Waals surface area (Å²) in [5.41, 5.74) is 5.25. The summed E-state index contributed by atoms with van der Waals surface area (Å²) < 4.78 is 1.50. The summed E-state index contributed by atoms with van der Waals surface area (Å²) >= 11 is 0. The van der Waals surface area contributed by atoms with Crippen molar-refractivity contribution >= 4 is 11.6 Å². The Hall–Kier alpha value is -2.28. The number of rotatable bonds is 4. The zero-order valence-electron chi connectivity index (χ0n) is 12.7. The van der Waals surface area contributed by atoms with Gasteiger partial charge in [0.1, 0.15) is 12.7 Å². The molecule has 2 heterocycles. The number of anilines is 1. The number of aromatic nitrogens is 4. The summed E-state index contributed by atoms with van der Waals surface area (Å²) in [6.07, 6.45) is 4.56. The Labute approximate surface area is 123 Å². The van der Waals surface area contributed by atoms with Gasteiger partial charge in [-0.1, -0.05) is 0 Å². The number of hydrogen-bond acceptors (Lipinski definition) is 5. The molecule has 7 nitrogen and oxygen atoms in total. The van der Waals surface area contributed by atoms with E-state index in [0.29, 0.717) is 11.5 Å². The van der Waals surface area contributed by atoms with E-state index in [9.17, 15) is 4.79 Å². The number of carbonyl (C=O) groups is 1. The first-order chi connectivity index (χ1) is 9.73. The monoisotopic (exact) mass is 288 g/mol. The normalized spacial score (nSPS) is 12.2. The van der Waals surface area contributed by atoms with Gasteiger partial charge >= 0.3 is 0 Å². The van der Waals surface area contributed by atoms with Gasteiger partial charge in [-0.15, -0.1) is 0 Å². The molecule has 0 unspecified atom stereocenters. The molecule has 0 aliphatic carbocycles. The first-order valence-electron chi connectivity index (χ1n) is 6.64. The van der Waals surface area contributed by atoms with Crippen molar-refractivity contribution in [2.45, 2.75) is 33.2 Å². The van der Waals surface area contributed by atoms with Gasteiger partial charge in [-0.3, -0.25) is 4.79 Å². The Bertz CT molecular complexity index is 627. The third-order valence-electron chi connectivity index (χ3n) is 3.85. The van der Waals surface area contributed by atoms with Crippen LogP contribution in [0.4, 0.5) is 5.69 Å². The van der Waals surface area contributed by atoms with E-state index in [1.165, 1.54) is 17.3 Å². The number of nitrogens with one attached hydrogen (secondary N) is 1. The van der Waals surface area contributed by atoms with Crippen molar-refractivity contribution in [3.05, 3.63) is 31.0 Å². The van der Waals surface area contributed by atoms with E-state index in [0.717, 1.165) is 0 Å². The predicted octanol–water partition coefficient (Wildman–Crippen LogP) is 1.36. The third kappa shape index (κ3) is 2.92. The second kappa shape index (κ2) is 5.25. The zero-order chi connectivity index (χ0) is 15.7. The highest BCUT2D eigenvalue weighted by Gasteiger charge is 2.40. The van der Waals surface area contributed by atoms with Crippen molar-refractivity contribution < 1.29 is 4.79 Å². The minimum Gasteiger partial charge on any atom is -0.325 e. The van der Waals surface area contributed by atoms with Crippen molar-refractivity contribution in [2.75, 3.05) is 5.32 Å². The van der Waals surface area contributed by atoms with E-state index in [-0.39, 0.29) is 5.91 Å². The Morgan fingerprint density at radius 1 is 1.33 bits per heavy atom. The molecule has 0 radical (unpaired) electrons. The Kier molecular flexibility index (Phi) is 3.78. The second-order valence-electron chi connectivity index (χ2n) is 6.02. The van der Waals surface area contributed by atoms with Gasteiger partial charge in [0, 0.05) is 11.7 Å². The summed E-state index contributed by atoms with van der Waals surface area (Å²) in [5, 5.41) is 6.91. The number of nitrogens with zero attached hydrogens (tertiary/aromatic N) is 4. The highest BCUT2D eigenvalue weighted by Crippen LogP contribution is 2.30. The molecular formula is C14H20N6O. The number of nitrogens with two attached hydrogens (primary N) is 1. The predicted molar refractivity (Wildman–Crippen MR) is 79.8 cm³/mol. The average molecular weight is 288 g/mol. The van der Waals surface area contributed by atoms with Gasteiger partial charge in [0.25, 0.3) is 0 Å². The Morgan fingerprint density at radius 3 is 2.62 bits per heavy atom. The van der Waals surface area contributed by atoms with Gasteiger partial charge in [0.15, 0.2) is 5.82 Å². The van der Waals surface area contributed by atoms with Crippen LogP contribution in [0.15, 0.2) is 31.0 Å². The lowest BCUT2D eigenvalue weighted by atomic mass is 9.74. The quantitative estimate of drug-likeness (QED) is 0.885. The number of pyridine rings is 1. The molecule has 0 spiro atoms. The highest BCUT2D eigenvalue weighted by atomic mass is 16.2. The lowest BCUT2D eigenvalue weighted by molar-refractivity contribution is -0.126. The fraction of sp³-hybridized carbons (Fsp3) is 0.429. The first kappa shape index (κ1) is 15.1. The molecule has 2 rings (SSSR count). The zero-order valence-corrected chi connectivity index (χ0v) is 12.7. The van der Waals surface area contributed by atoms with E-state index in [4.69, 9.17) is 5.73 Å². The van der Waals surface area contributed by atoms with Crippen LogP contribution in [-0.4, -0.2) is 31.2 Å². The molecule has 0 aliphatic rings. The van der Waals surface area contributed by atoms with Crippen molar-refractivity contribution in [1.82, 2.24) is 19.7 Å². The van der Waals surface area contributed by atoms with Crippen LogP contribution in [0.5, 0.6) is 0 Å². The maximum absolute atomic E-state index is 12.5. The Balaban J connectivity index is 2.31. The molecule has 0 saturated heterocycles. The van der Waals surface area contributed by atoms with Gasteiger partial charge in [0.2, 0.25) is 5.91 Å². The van der Waals surface area contributed by atoms with E-state index >= 15 is 0 Å². The lowest BCUT2D eigenvalue weighted by Gasteiger charge is -2.36. The van der Waals surface area contributed by atoms with Crippen LogP contribution in [0.3, 0.4) is 0 Å². The fourth-order valence-corrected chi connectivity index (χ4v) is 1.57. The number of hydrogen-bond donors (Lipinski definition) is 2. The second-order valence-corrected chi connectivity index (χ2v) is 6.02. The molecule has 0 fully saturated rings. The molecule has 0 atom stereocenters. The third-order valence-corrected chi connectivity index (χ3v) is 3.85. The van der Waals surface area contributed by atoms with Crippen LogP contribution in [0, 0.1) is 5.41 Å². The molecule has 3 N–H and O–H groups in total. The van der Waals surface area contributed by atoms with Gasteiger partial charge < -0.3 is 11.1 Å². The molecular weight excluding hydrogens is 268 g/mol. The molecule has 0 aliphatic heterocycles. The molecule has 0 bridgehead atoms. The minimum absolute atomic E-state index is 0.177. The summed E-state index contributed by atoms with van der Waals surface area (Å²) in [6, 6.07) is 3.51. The summed E-state index contributed by atoms with van der Waals surface area (Å²) in [4.78, 5) is 20.7. The van der Waals surface area contributed by atoms with Crippen LogP contribution in [-0.2, 0) is 4.79 Å². The van der Waals surface area contributed by atoms with E-state index < -0.39 is 11.0 Å². The molecule has 0 aromatic carbocycles. The standard InChI is InChI=1S/C14H20N6O/c1-13(2,14(3,4)15)12(21)19-10-6-5-7-17-11(10)20-9-16-8-18-20/h5-9H,15H2,1-4H3,(H,19,21). The molecule has 1 amide bonds. The van der Waals surface area contributed by atoms with E-state index in [2.05, 4.69) is 20.4 Å². The summed E-state index contributed by atoms with van der Waals surface area (Å²) in [7, 11) is 0. The lowest BCUT2D eigenvalue weighted by Crippen LogP contribution is -2.53. The van der Waals surface area contributed by atoms with Crippen LogP contribution in [0.2, 0.25) is 0 Å². The smallest absolute Gasteiger partial charge is 0.231 e. The van der Waals surface area contributed by atoms with Gasteiger partial charge in [-0.2, -0.15) is 5.10 Å². The number of amides is 1. The summed E-state index contributed by atoms with van der Waals surface area (Å²) in [6.45, 7) is 7.28. The van der Waals surface area contributed by atoms with Gasteiger partial charge in [0.05, 0.1) is 11.1 Å². The van der Waals surface area contributed by atoms with Crippen molar-refractivity contribution in [3.8, 4) is 5.82 Å². The number of carbonyl (C=O) groups excluding carboxylic acids is 1. The molecule has 2 aromatic heterocycles. The summed E-state index contributed by atoms with van der Waals surface area (Å²) in [5.74, 6) is 0.332. The van der Waals surface area contributed by atoms with Crippen molar-refractivity contribution in [1.29, 1.82) is 0 Å². The maximum Gasteiger partial charge on any atom is 0.231 e. The largest absolute Gasteiger partial charge is 0.325 e. The van der Waals surface area contributed by atoms with E-state index in [1.807, 2.05) is 27.7 Å². The molecule has 0 saturated carbocycles. The van der Waals surface area contributed by atoms with Crippen molar-refractivity contribution in [3.63, 3.8) is 0 Å². The SMILES string of the molecule is CC(C)(N)C(C)(C)C(=O)Nc1cccnc1-n1cncn1. The molecule has 112 valence electrons. The average Bonchev–Trinajstić information content (AvgIpc) is 2.91. The fourth-order valence-electron chi connectivity index (χ4n) is 1.57. The topological polar surface area (TPSA) is 98.7 Å². The van der Waals surface area contributed by atoms with Crippen LogP contribution < -0.4 is 11.1 Å². The highest BCUT2D eigenvalue weighted by molar-refractivity contribution is 5.97. The van der Waals surface area contributed by atoms with Gasteiger partial charge in [-0.05, 0) is 39.8 Å². The van der Waals surface area contributed by atoms with Crippen LogP contribution in [0.25, 0.3) is 5.82 Å². The first-order valence-corrected chi connectivity index (χ1v) is 6.64. The molecule has 7 heteroatoms. The van der Waals surface area contributed by atoms with Crippen molar-refractivity contribution in [2.24, 2.45) is 11.1 Å². The Morgan fingerprint density at radius 2 is 2.05 bits per heavy atom.